The van der Waals surface area contributed by atoms with Gasteiger partial charge in [-0.25, -0.2) is 0 Å². The van der Waals surface area contributed by atoms with E-state index in [9.17, 15) is 4.79 Å². The van der Waals surface area contributed by atoms with Crippen molar-refractivity contribution < 1.29 is 9.53 Å². The topological polar surface area (TPSA) is 45.7 Å². The highest BCUT2D eigenvalue weighted by Gasteiger charge is 2.36. The van der Waals surface area contributed by atoms with Crippen molar-refractivity contribution in [3.63, 3.8) is 0 Å². The Hall–Kier alpha value is -2.40. The number of benzene rings is 1. The highest BCUT2D eigenvalue weighted by Crippen LogP contribution is 2.30. The molecular weight excluding hydrogens is 302 g/mol. The molecule has 126 valence electrons. The van der Waals surface area contributed by atoms with Crippen LogP contribution < -0.4 is 4.90 Å². The number of anilines is 1. The summed E-state index contributed by atoms with van der Waals surface area (Å²) in [6, 6.07) is 11.9. The second-order valence-corrected chi connectivity index (χ2v) is 6.46. The number of rotatable bonds is 3. The summed E-state index contributed by atoms with van der Waals surface area (Å²) in [6.45, 7) is 3.67. The van der Waals surface area contributed by atoms with Crippen LogP contribution in [0.15, 0.2) is 48.8 Å². The normalized spacial score (nSPS) is 20.7. The summed E-state index contributed by atoms with van der Waals surface area (Å²) in [5, 5.41) is 0. The Morgan fingerprint density at radius 3 is 2.71 bits per heavy atom. The van der Waals surface area contributed by atoms with Crippen LogP contribution >= 0.6 is 0 Å². The molecule has 5 nitrogen and oxygen atoms in total. The lowest BCUT2D eigenvalue weighted by Gasteiger charge is -2.41. The van der Waals surface area contributed by atoms with Crippen molar-refractivity contribution >= 4 is 11.6 Å². The molecule has 5 heteroatoms. The third-order valence-corrected chi connectivity index (χ3v) is 4.46. The average molecular weight is 325 g/mol. The minimum Gasteiger partial charge on any atom is -0.377 e. The molecule has 3 rings (SSSR count). The van der Waals surface area contributed by atoms with Gasteiger partial charge in [0.1, 0.15) is 5.60 Å². The Kier molecular flexibility index (Phi) is 4.53. The smallest absolute Gasteiger partial charge is 0.257 e. The lowest BCUT2D eigenvalue weighted by molar-refractivity contribution is -0.0930. The molecule has 0 spiro atoms. The molecular formula is C19H23N3O2. The first kappa shape index (κ1) is 16.5. The Bertz CT molecular complexity index is 718. The number of nitrogens with zero attached hydrogens (tertiary/aromatic N) is 3. The molecule has 1 fully saturated rings. The molecule has 1 aliphatic rings. The number of ether oxygens (including phenoxy) is 1. The van der Waals surface area contributed by atoms with Crippen LogP contribution in [-0.2, 0) is 10.3 Å². The second kappa shape index (κ2) is 6.61. The molecule has 1 atom stereocenters. The van der Waals surface area contributed by atoms with Crippen LogP contribution in [0.3, 0.4) is 0 Å². The van der Waals surface area contributed by atoms with Crippen molar-refractivity contribution in [3.05, 3.63) is 59.9 Å². The van der Waals surface area contributed by atoms with Gasteiger partial charge < -0.3 is 14.5 Å². The first-order valence-electron chi connectivity index (χ1n) is 8.11. The fourth-order valence-corrected chi connectivity index (χ4v) is 3.12. The minimum atomic E-state index is -0.490. The Morgan fingerprint density at radius 1 is 1.25 bits per heavy atom. The number of aromatic nitrogens is 1. The van der Waals surface area contributed by atoms with Gasteiger partial charge in [0.25, 0.3) is 5.91 Å². The summed E-state index contributed by atoms with van der Waals surface area (Å²) in [5.41, 5.74) is 2.10. The van der Waals surface area contributed by atoms with Crippen molar-refractivity contribution in [2.75, 3.05) is 38.7 Å². The van der Waals surface area contributed by atoms with Crippen molar-refractivity contribution in [2.24, 2.45) is 0 Å². The summed E-state index contributed by atoms with van der Waals surface area (Å²) in [6.07, 6.45) is 3.35. The molecule has 0 aliphatic carbocycles. The standard InChI is InChI=1S/C19H23N3O2/c1-19(15-7-5-4-6-8-15)14-22(11-12-24-19)18(23)16-13-20-10-9-17(16)21(2)3/h4-10,13H,11-12,14H2,1-3H3. The Balaban J connectivity index is 1.87. The van der Waals surface area contributed by atoms with Gasteiger partial charge >= 0.3 is 0 Å². The third-order valence-electron chi connectivity index (χ3n) is 4.46. The summed E-state index contributed by atoms with van der Waals surface area (Å²) >= 11 is 0. The van der Waals surface area contributed by atoms with E-state index in [0.717, 1.165) is 11.3 Å². The summed E-state index contributed by atoms with van der Waals surface area (Å²) < 4.78 is 6.03. The first-order valence-corrected chi connectivity index (χ1v) is 8.11. The maximum atomic E-state index is 13.0. The Morgan fingerprint density at radius 2 is 2.00 bits per heavy atom. The lowest BCUT2D eigenvalue weighted by Crippen LogP contribution is -2.50. The predicted molar refractivity (Wildman–Crippen MR) is 94.2 cm³/mol. The molecule has 1 aromatic carbocycles. The number of pyridine rings is 1. The van der Waals surface area contributed by atoms with Crippen LogP contribution in [0, 0.1) is 0 Å². The maximum Gasteiger partial charge on any atom is 0.257 e. The molecule has 2 aromatic rings. The molecule has 1 aromatic heterocycles. The SMILES string of the molecule is CN(C)c1ccncc1C(=O)N1CCOC(C)(c2ccccc2)C1. The first-order chi connectivity index (χ1) is 11.5. The van der Waals surface area contributed by atoms with Gasteiger partial charge in [0, 0.05) is 33.0 Å². The molecule has 1 aliphatic heterocycles. The average Bonchev–Trinajstić information content (AvgIpc) is 2.62. The van der Waals surface area contributed by atoms with Gasteiger partial charge in [-0.3, -0.25) is 9.78 Å². The maximum absolute atomic E-state index is 13.0. The molecule has 1 unspecified atom stereocenters. The second-order valence-electron chi connectivity index (χ2n) is 6.46. The minimum absolute atomic E-state index is 0.00254. The van der Waals surface area contributed by atoms with Gasteiger partial charge in [0.2, 0.25) is 0 Å². The summed E-state index contributed by atoms with van der Waals surface area (Å²) in [7, 11) is 3.86. The molecule has 0 bridgehead atoms. The van der Waals surface area contributed by atoms with E-state index < -0.39 is 5.60 Å². The zero-order valence-electron chi connectivity index (χ0n) is 14.4. The molecule has 0 saturated carbocycles. The molecule has 1 amide bonds. The van der Waals surface area contributed by atoms with E-state index in [1.165, 1.54) is 0 Å². The summed E-state index contributed by atoms with van der Waals surface area (Å²) in [5.74, 6) is -0.00254. The van der Waals surface area contributed by atoms with E-state index in [0.29, 0.717) is 25.3 Å². The van der Waals surface area contributed by atoms with Crippen LogP contribution in [0.4, 0.5) is 5.69 Å². The highest BCUT2D eigenvalue weighted by molar-refractivity contribution is 5.99. The van der Waals surface area contributed by atoms with E-state index in [1.54, 1.807) is 12.4 Å². The molecule has 0 radical (unpaired) electrons. The van der Waals surface area contributed by atoms with Gasteiger partial charge in [-0.15, -0.1) is 0 Å². The van der Waals surface area contributed by atoms with Gasteiger partial charge in [-0.1, -0.05) is 30.3 Å². The number of amides is 1. The fourth-order valence-electron chi connectivity index (χ4n) is 3.12. The molecule has 2 heterocycles. The van der Waals surface area contributed by atoms with Crippen molar-refractivity contribution in [1.82, 2.24) is 9.88 Å². The zero-order valence-corrected chi connectivity index (χ0v) is 14.4. The molecule has 1 saturated heterocycles. The van der Waals surface area contributed by atoms with Crippen LogP contribution in [0.1, 0.15) is 22.8 Å². The number of carbonyl (C=O) groups excluding carboxylic acids is 1. The Labute approximate surface area is 142 Å². The van der Waals surface area contributed by atoms with Gasteiger partial charge in [-0.05, 0) is 18.6 Å². The van der Waals surface area contributed by atoms with E-state index in [2.05, 4.69) is 4.98 Å². The summed E-state index contributed by atoms with van der Waals surface area (Å²) in [4.78, 5) is 21.0. The van der Waals surface area contributed by atoms with Crippen molar-refractivity contribution in [3.8, 4) is 0 Å². The number of hydrogen-bond donors (Lipinski definition) is 0. The van der Waals surface area contributed by atoms with E-state index in [1.807, 2.05) is 67.2 Å². The highest BCUT2D eigenvalue weighted by atomic mass is 16.5. The number of carbonyl (C=O) groups is 1. The van der Waals surface area contributed by atoms with Crippen LogP contribution in [0.25, 0.3) is 0 Å². The van der Waals surface area contributed by atoms with Crippen molar-refractivity contribution in [1.29, 1.82) is 0 Å². The van der Waals surface area contributed by atoms with Crippen LogP contribution in [-0.4, -0.2) is 49.6 Å². The fraction of sp³-hybridized carbons (Fsp3) is 0.368. The third kappa shape index (κ3) is 3.12. The van der Waals surface area contributed by atoms with E-state index in [4.69, 9.17) is 4.74 Å². The lowest BCUT2D eigenvalue weighted by atomic mass is 9.93. The van der Waals surface area contributed by atoms with Crippen LogP contribution in [0.5, 0.6) is 0 Å². The van der Waals surface area contributed by atoms with Gasteiger partial charge in [0.05, 0.1) is 24.4 Å². The predicted octanol–water partition coefficient (Wildman–Crippen LogP) is 2.54. The van der Waals surface area contributed by atoms with Crippen molar-refractivity contribution in [2.45, 2.75) is 12.5 Å². The monoisotopic (exact) mass is 325 g/mol. The largest absolute Gasteiger partial charge is 0.377 e. The van der Waals surface area contributed by atoms with Gasteiger partial charge in [-0.2, -0.15) is 0 Å². The quantitative estimate of drug-likeness (QED) is 0.870. The molecule has 0 N–H and O–H groups in total. The molecule has 24 heavy (non-hydrogen) atoms. The number of hydrogen-bond acceptors (Lipinski definition) is 4. The van der Waals surface area contributed by atoms with Gasteiger partial charge in [0.15, 0.2) is 0 Å². The van der Waals surface area contributed by atoms with Crippen LogP contribution in [0.2, 0.25) is 0 Å². The van der Waals surface area contributed by atoms with E-state index in [-0.39, 0.29) is 5.91 Å². The van der Waals surface area contributed by atoms with E-state index >= 15 is 0 Å². The number of morpholine rings is 1. The zero-order chi connectivity index (χ0) is 17.2.